The van der Waals surface area contributed by atoms with Gasteiger partial charge in [-0.3, -0.25) is 0 Å². The number of nitriles is 1. The van der Waals surface area contributed by atoms with Gasteiger partial charge in [0, 0.05) is 11.8 Å². The molecule has 1 aromatic carbocycles. The van der Waals surface area contributed by atoms with Crippen molar-refractivity contribution in [2.24, 2.45) is 0 Å². The van der Waals surface area contributed by atoms with Gasteiger partial charge in [-0.2, -0.15) is 5.26 Å². The highest BCUT2D eigenvalue weighted by Crippen LogP contribution is 2.41. The topological polar surface area (TPSA) is 40.9 Å². The first-order valence-electron chi connectivity index (χ1n) is 6.25. The van der Waals surface area contributed by atoms with Crippen molar-refractivity contribution < 1.29 is 4.79 Å². The molecule has 0 atom stereocenters. The van der Waals surface area contributed by atoms with Crippen LogP contribution in [0.2, 0.25) is 0 Å². The van der Waals surface area contributed by atoms with Crippen LogP contribution in [0.25, 0.3) is 0 Å². The van der Waals surface area contributed by atoms with Crippen LogP contribution in [0.15, 0.2) is 24.3 Å². The molecule has 0 aliphatic heterocycles. The Morgan fingerprint density at radius 2 is 1.82 bits per heavy atom. The molecule has 0 aromatic heterocycles. The van der Waals surface area contributed by atoms with E-state index in [2.05, 4.69) is 6.07 Å². The summed E-state index contributed by atoms with van der Waals surface area (Å²) in [5, 5.41) is 8.80. The summed E-state index contributed by atoms with van der Waals surface area (Å²) in [6.07, 6.45) is 7.52. The molecule has 1 fully saturated rings. The molecule has 1 aliphatic carbocycles. The molecule has 0 amide bonds. The number of hydrogen-bond acceptors (Lipinski definition) is 2. The van der Waals surface area contributed by atoms with Gasteiger partial charge >= 0.3 is 0 Å². The van der Waals surface area contributed by atoms with E-state index >= 15 is 0 Å². The third kappa shape index (κ3) is 2.39. The maximum atomic E-state index is 10.9. The van der Waals surface area contributed by atoms with Crippen LogP contribution >= 0.6 is 0 Å². The number of carbonyl (C=O) groups excluding carboxylic acids is 1. The molecule has 1 saturated carbocycles. The first kappa shape index (κ1) is 11.9. The summed E-state index contributed by atoms with van der Waals surface area (Å²) in [6.45, 7) is 0. The van der Waals surface area contributed by atoms with Gasteiger partial charge in [-0.15, -0.1) is 0 Å². The van der Waals surface area contributed by atoms with Crippen molar-refractivity contribution in [2.75, 3.05) is 0 Å². The van der Waals surface area contributed by atoms with Crippen LogP contribution in [-0.4, -0.2) is 6.29 Å². The van der Waals surface area contributed by atoms with Crippen molar-refractivity contribution in [1.29, 1.82) is 5.26 Å². The van der Waals surface area contributed by atoms with E-state index in [9.17, 15) is 4.79 Å². The molecular formula is C15H17NO. The molecule has 2 rings (SSSR count). The second kappa shape index (κ2) is 5.14. The van der Waals surface area contributed by atoms with Crippen molar-refractivity contribution in [2.45, 2.75) is 43.9 Å². The summed E-state index contributed by atoms with van der Waals surface area (Å²) in [7, 11) is 0. The largest absolute Gasteiger partial charge is 0.303 e. The fourth-order valence-corrected chi connectivity index (χ4v) is 2.90. The molecule has 88 valence electrons. The fourth-order valence-electron chi connectivity index (χ4n) is 2.90. The van der Waals surface area contributed by atoms with Crippen molar-refractivity contribution in [3.05, 3.63) is 35.4 Å². The summed E-state index contributed by atoms with van der Waals surface area (Å²) in [5.74, 6) is 0. The van der Waals surface area contributed by atoms with Crippen molar-refractivity contribution >= 4 is 6.29 Å². The Bertz CT molecular complexity index is 421. The molecule has 2 nitrogen and oxygen atoms in total. The Kier molecular flexibility index (Phi) is 3.58. The van der Waals surface area contributed by atoms with E-state index in [1.165, 1.54) is 24.8 Å². The van der Waals surface area contributed by atoms with Gasteiger partial charge in [0.05, 0.1) is 11.6 Å². The molecule has 0 bridgehead atoms. The molecule has 0 heterocycles. The minimum Gasteiger partial charge on any atom is -0.303 e. The molecule has 17 heavy (non-hydrogen) atoms. The summed E-state index contributed by atoms with van der Waals surface area (Å²) < 4.78 is 0. The SMILES string of the molecule is N#Cc1ccc(C2(CC=O)CCCCC2)cc1. The standard InChI is InChI=1S/C15H17NO/c16-12-13-4-6-14(7-5-13)15(10-11-17)8-2-1-3-9-15/h4-7,11H,1-3,8-10H2. The maximum Gasteiger partial charge on any atom is 0.120 e. The number of nitrogens with zero attached hydrogens (tertiary/aromatic N) is 1. The van der Waals surface area contributed by atoms with Gasteiger partial charge in [0.1, 0.15) is 6.29 Å². The van der Waals surface area contributed by atoms with Crippen LogP contribution in [0.1, 0.15) is 49.7 Å². The molecule has 0 unspecified atom stereocenters. The Labute approximate surface area is 102 Å². The van der Waals surface area contributed by atoms with E-state index in [-0.39, 0.29) is 5.41 Å². The average molecular weight is 227 g/mol. The second-order valence-corrected chi connectivity index (χ2v) is 4.90. The zero-order chi connectivity index (χ0) is 12.1. The highest BCUT2D eigenvalue weighted by molar-refractivity contribution is 5.54. The summed E-state index contributed by atoms with van der Waals surface area (Å²) in [4.78, 5) is 10.9. The van der Waals surface area contributed by atoms with Crippen LogP contribution in [0.4, 0.5) is 0 Å². The van der Waals surface area contributed by atoms with Crippen molar-refractivity contribution in [3.8, 4) is 6.07 Å². The molecule has 0 saturated heterocycles. The quantitative estimate of drug-likeness (QED) is 0.743. The summed E-state index contributed by atoms with van der Waals surface area (Å²) in [5.41, 5.74) is 1.95. The lowest BCUT2D eigenvalue weighted by Crippen LogP contribution is -2.29. The van der Waals surface area contributed by atoms with Crippen LogP contribution in [-0.2, 0) is 10.2 Å². The Morgan fingerprint density at radius 3 is 2.35 bits per heavy atom. The second-order valence-electron chi connectivity index (χ2n) is 4.90. The summed E-state index contributed by atoms with van der Waals surface area (Å²) in [6, 6.07) is 9.89. The third-order valence-electron chi connectivity index (χ3n) is 3.91. The Hall–Kier alpha value is -1.62. The third-order valence-corrected chi connectivity index (χ3v) is 3.91. The fraction of sp³-hybridized carbons (Fsp3) is 0.467. The Morgan fingerprint density at radius 1 is 1.18 bits per heavy atom. The number of aldehydes is 1. The molecular weight excluding hydrogens is 210 g/mol. The molecule has 2 heteroatoms. The van der Waals surface area contributed by atoms with Gasteiger partial charge in [0.15, 0.2) is 0 Å². The number of rotatable bonds is 3. The van der Waals surface area contributed by atoms with E-state index in [0.717, 1.165) is 19.1 Å². The number of carbonyl (C=O) groups is 1. The smallest absolute Gasteiger partial charge is 0.120 e. The van der Waals surface area contributed by atoms with E-state index in [0.29, 0.717) is 12.0 Å². The Balaban J connectivity index is 2.31. The molecule has 1 aromatic rings. The maximum absolute atomic E-state index is 10.9. The minimum atomic E-state index is 0.0357. The van der Waals surface area contributed by atoms with Crippen LogP contribution in [0.5, 0.6) is 0 Å². The first-order chi connectivity index (χ1) is 8.30. The van der Waals surface area contributed by atoms with Crippen molar-refractivity contribution in [3.63, 3.8) is 0 Å². The van der Waals surface area contributed by atoms with Crippen LogP contribution in [0, 0.1) is 11.3 Å². The van der Waals surface area contributed by atoms with Gasteiger partial charge in [0.2, 0.25) is 0 Å². The van der Waals surface area contributed by atoms with E-state index < -0.39 is 0 Å². The lowest BCUT2D eigenvalue weighted by molar-refractivity contribution is -0.109. The first-order valence-corrected chi connectivity index (χ1v) is 6.25. The average Bonchev–Trinajstić information content (AvgIpc) is 2.40. The zero-order valence-corrected chi connectivity index (χ0v) is 9.98. The highest BCUT2D eigenvalue weighted by atomic mass is 16.1. The van der Waals surface area contributed by atoms with Crippen LogP contribution < -0.4 is 0 Å². The van der Waals surface area contributed by atoms with E-state index in [1.54, 1.807) is 0 Å². The summed E-state index contributed by atoms with van der Waals surface area (Å²) >= 11 is 0. The molecule has 0 radical (unpaired) electrons. The normalized spacial score (nSPS) is 18.3. The number of hydrogen-bond donors (Lipinski definition) is 0. The van der Waals surface area contributed by atoms with Crippen LogP contribution in [0.3, 0.4) is 0 Å². The van der Waals surface area contributed by atoms with Gasteiger partial charge in [-0.05, 0) is 30.5 Å². The van der Waals surface area contributed by atoms with Gasteiger partial charge in [0.25, 0.3) is 0 Å². The molecule has 1 aliphatic rings. The van der Waals surface area contributed by atoms with E-state index in [1.807, 2.05) is 24.3 Å². The lowest BCUT2D eigenvalue weighted by atomic mass is 9.67. The minimum absolute atomic E-state index is 0.0357. The van der Waals surface area contributed by atoms with Gasteiger partial charge in [-0.1, -0.05) is 31.4 Å². The lowest BCUT2D eigenvalue weighted by Gasteiger charge is -2.36. The monoisotopic (exact) mass is 227 g/mol. The number of benzene rings is 1. The highest BCUT2D eigenvalue weighted by Gasteiger charge is 2.33. The molecule has 0 spiro atoms. The molecule has 0 N–H and O–H groups in total. The predicted octanol–water partition coefficient (Wildman–Crippen LogP) is 3.35. The zero-order valence-electron chi connectivity index (χ0n) is 9.98. The van der Waals surface area contributed by atoms with Gasteiger partial charge < -0.3 is 4.79 Å². The van der Waals surface area contributed by atoms with E-state index in [4.69, 9.17) is 5.26 Å². The van der Waals surface area contributed by atoms with Gasteiger partial charge in [-0.25, -0.2) is 0 Å². The predicted molar refractivity (Wildman–Crippen MR) is 66.6 cm³/mol. The van der Waals surface area contributed by atoms with Crippen molar-refractivity contribution in [1.82, 2.24) is 0 Å².